The maximum atomic E-state index is 7.61. The maximum Gasteiger partial charge on any atom is 0.0939 e. The van der Waals surface area contributed by atoms with E-state index in [0.29, 0.717) is 5.04 Å². The minimum atomic E-state index is 0.616. The first-order valence-corrected chi connectivity index (χ1v) is 5.28. The average Bonchev–Trinajstić information content (AvgIpc) is 2.17. The van der Waals surface area contributed by atoms with Crippen LogP contribution in [-0.4, -0.2) is 25.4 Å². The van der Waals surface area contributed by atoms with Gasteiger partial charge in [0.15, 0.2) is 0 Å². The van der Waals surface area contributed by atoms with E-state index in [9.17, 15) is 0 Å². The molecular formula is C10H14N2S. The van der Waals surface area contributed by atoms with Crippen LogP contribution in [0.25, 0.3) is 0 Å². The normalized spacial score (nSPS) is 9.77. The second-order valence-corrected chi connectivity index (χ2v) is 3.79. The zero-order chi connectivity index (χ0) is 9.84. The zero-order valence-corrected chi connectivity index (χ0v) is 8.98. The molecule has 0 aliphatic heterocycles. The van der Waals surface area contributed by atoms with Gasteiger partial charge in [0.05, 0.1) is 5.04 Å². The van der Waals surface area contributed by atoms with Crippen LogP contribution in [-0.2, 0) is 0 Å². The van der Waals surface area contributed by atoms with Crippen molar-refractivity contribution in [3.63, 3.8) is 0 Å². The molecule has 0 heterocycles. The number of benzene rings is 1. The van der Waals surface area contributed by atoms with E-state index in [1.54, 1.807) is 0 Å². The molecule has 1 aromatic carbocycles. The fourth-order valence-electron chi connectivity index (χ4n) is 1.03. The average molecular weight is 194 g/mol. The zero-order valence-electron chi connectivity index (χ0n) is 8.16. The van der Waals surface area contributed by atoms with Crippen LogP contribution in [0, 0.1) is 5.41 Å². The van der Waals surface area contributed by atoms with Crippen LogP contribution in [0.2, 0.25) is 0 Å². The van der Waals surface area contributed by atoms with Crippen molar-refractivity contribution in [3.05, 3.63) is 29.8 Å². The van der Waals surface area contributed by atoms with Gasteiger partial charge in [-0.2, -0.15) is 0 Å². The molecule has 1 N–H and O–H groups in total. The lowest BCUT2D eigenvalue weighted by Gasteiger charge is -2.12. The first kappa shape index (κ1) is 10.1. The molecule has 0 unspecified atom stereocenters. The van der Waals surface area contributed by atoms with Crippen LogP contribution in [0.4, 0.5) is 5.69 Å². The fraction of sp³-hybridized carbons (Fsp3) is 0.300. The summed E-state index contributed by atoms with van der Waals surface area (Å²) in [5.74, 6) is 0. The number of rotatable bonds is 2. The molecule has 1 aromatic rings. The predicted octanol–water partition coefficient (Wildman–Crippen LogP) is 2.44. The summed E-state index contributed by atoms with van der Waals surface area (Å²) in [6.45, 7) is 0. The van der Waals surface area contributed by atoms with E-state index < -0.39 is 0 Å². The van der Waals surface area contributed by atoms with Gasteiger partial charge < -0.3 is 4.90 Å². The molecule has 0 atom stereocenters. The van der Waals surface area contributed by atoms with Gasteiger partial charge in [0.1, 0.15) is 0 Å². The van der Waals surface area contributed by atoms with Crippen LogP contribution in [0.1, 0.15) is 5.56 Å². The van der Waals surface area contributed by atoms with Gasteiger partial charge in [-0.1, -0.05) is 12.1 Å². The number of nitrogens with one attached hydrogen (secondary N) is 1. The van der Waals surface area contributed by atoms with Crippen molar-refractivity contribution in [2.75, 3.05) is 25.3 Å². The molecule has 2 nitrogen and oxygen atoms in total. The molecule has 0 aliphatic rings. The lowest BCUT2D eigenvalue weighted by molar-refractivity contribution is 1.13. The Labute approximate surface area is 83.5 Å². The van der Waals surface area contributed by atoms with E-state index in [0.717, 1.165) is 11.3 Å². The van der Waals surface area contributed by atoms with Crippen molar-refractivity contribution in [1.82, 2.24) is 0 Å². The summed E-state index contributed by atoms with van der Waals surface area (Å²) in [6, 6.07) is 8.02. The Morgan fingerprint density at radius 1 is 1.23 bits per heavy atom. The van der Waals surface area contributed by atoms with E-state index >= 15 is 0 Å². The Morgan fingerprint density at radius 2 is 1.77 bits per heavy atom. The second kappa shape index (κ2) is 4.33. The van der Waals surface area contributed by atoms with Gasteiger partial charge in [0.25, 0.3) is 0 Å². The SMILES string of the molecule is CSC(=N)c1ccc(N(C)C)cc1. The predicted molar refractivity (Wildman–Crippen MR) is 61.1 cm³/mol. The van der Waals surface area contributed by atoms with Crippen LogP contribution in [0.5, 0.6) is 0 Å². The highest BCUT2D eigenvalue weighted by molar-refractivity contribution is 8.13. The molecule has 3 heteroatoms. The Hall–Kier alpha value is -0.960. The van der Waals surface area contributed by atoms with Crippen LogP contribution in [0.3, 0.4) is 0 Å². The molecule has 0 saturated heterocycles. The van der Waals surface area contributed by atoms with E-state index in [1.807, 2.05) is 49.5 Å². The molecular weight excluding hydrogens is 180 g/mol. The molecule has 13 heavy (non-hydrogen) atoms. The largest absolute Gasteiger partial charge is 0.378 e. The summed E-state index contributed by atoms with van der Waals surface area (Å²) < 4.78 is 0. The number of nitrogens with zero attached hydrogens (tertiary/aromatic N) is 1. The van der Waals surface area contributed by atoms with Gasteiger partial charge in [-0.25, -0.2) is 0 Å². The lowest BCUT2D eigenvalue weighted by Crippen LogP contribution is -2.08. The van der Waals surface area contributed by atoms with Crippen molar-refractivity contribution >= 4 is 22.5 Å². The smallest absolute Gasteiger partial charge is 0.0939 e. The van der Waals surface area contributed by atoms with Crippen LogP contribution >= 0.6 is 11.8 Å². The van der Waals surface area contributed by atoms with Crippen molar-refractivity contribution < 1.29 is 0 Å². The maximum absolute atomic E-state index is 7.61. The number of anilines is 1. The second-order valence-electron chi connectivity index (χ2n) is 2.97. The summed E-state index contributed by atoms with van der Waals surface area (Å²) in [4.78, 5) is 2.05. The first-order valence-electron chi connectivity index (χ1n) is 4.05. The third-order valence-corrected chi connectivity index (χ3v) is 2.49. The Kier molecular flexibility index (Phi) is 3.37. The third-order valence-electron chi connectivity index (χ3n) is 1.85. The summed E-state index contributed by atoms with van der Waals surface area (Å²) >= 11 is 1.46. The van der Waals surface area contributed by atoms with E-state index in [4.69, 9.17) is 5.41 Å². The Morgan fingerprint density at radius 3 is 2.15 bits per heavy atom. The standard InChI is InChI=1S/C10H14N2S/c1-12(2)9-6-4-8(5-7-9)10(11)13-3/h4-7,11H,1-3H3. The lowest BCUT2D eigenvalue weighted by atomic mass is 10.2. The topological polar surface area (TPSA) is 27.1 Å². The molecule has 1 rings (SSSR count). The molecule has 0 radical (unpaired) electrons. The monoisotopic (exact) mass is 194 g/mol. The van der Waals surface area contributed by atoms with E-state index in [-0.39, 0.29) is 0 Å². The minimum absolute atomic E-state index is 0.616. The molecule has 0 aliphatic carbocycles. The summed E-state index contributed by atoms with van der Waals surface area (Å²) in [5.41, 5.74) is 2.15. The number of hydrogen-bond donors (Lipinski definition) is 1. The van der Waals surface area contributed by atoms with E-state index in [2.05, 4.69) is 0 Å². The highest BCUT2D eigenvalue weighted by Crippen LogP contribution is 2.15. The first-order chi connectivity index (χ1) is 6.15. The molecule has 0 amide bonds. The van der Waals surface area contributed by atoms with Gasteiger partial charge in [-0.3, -0.25) is 5.41 Å². The van der Waals surface area contributed by atoms with Crippen LogP contribution < -0.4 is 4.90 Å². The van der Waals surface area contributed by atoms with Crippen molar-refractivity contribution in [1.29, 1.82) is 5.41 Å². The third kappa shape index (κ3) is 2.49. The van der Waals surface area contributed by atoms with Gasteiger partial charge in [0.2, 0.25) is 0 Å². The Balaban J connectivity index is 2.87. The molecule has 0 spiro atoms. The number of thioether (sulfide) groups is 1. The summed E-state index contributed by atoms with van der Waals surface area (Å²) in [7, 11) is 4.02. The van der Waals surface area contributed by atoms with Crippen molar-refractivity contribution in [2.24, 2.45) is 0 Å². The molecule has 0 fully saturated rings. The highest BCUT2D eigenvalue weighted by atomic mass is 32.2. The quantitative estimate of drug-likeness (QED) is 0.578. The van der Waals surface area contributed by atoms with Gasteiger partial charge in [-0.15, -0.1) is 11.8 Å². The summed E-state index contributed by atoms with van der Waals surface area (Å²) in [5, 5.41) is 8.22. The molecule has 0 bridgehead atoms. The molecule has 0 aromatic heterocycles. The molecule has 0 saturated carbocycles. The van der Waals surface area contributed by atoms with Gasteiger partial charge in [-0.05, 0) is 18.4 Å². The molecule has 70 valence electrons. The van der Waals surface area contributed by atoms with Crippen molar-refractivity contribution in [2.45, 2.75) is 0 Å². The van der Waals surface area contributed by atoms with Gasteiger partial charge in [0, 0.05) is 25.3 Å². The highest BCUT2D eigenvalue weighted by Gasteiger charge is 1.99. The summed E-state index contributed by atoms with van der Waals surface area (Å²) in [6.07, 6.45) is 1.92. The minimum Gasteiger partial charge on any atom is -0.378 e. The Bertz CT molecular complexity index is 290. The van der Waals surface area contributed by atoms with Gasteiger partial charge >= 0.3 is 0 Å². The van der Waals surface area contributed by atoms with Crippen molar-refractivity contribution in [3.8, 4) is 0 Å². The van der Waals surface area contributed by atoms with E-state index in [1.165, 1.54) is 11.8 Å². The fourth-order valence-corrected chi connectivity index (χ4v) is 1.40. The number of hydrogen-bond acceptors (Lipinski definition) is 3. The van der Waals surface area contributed by atoms with Crippen LogP contribution in [0.15, 0.2) is 24.3 Å².